The molecule has 0 bridgehead atoms. The van der Waals surface area contributed by atoms with Gasteiger partial charge in [0.25, 0.3) is 0 Å². The third-order valence-electron chi connectivity index (χ3n) is 9.32. The van der Waals surface area contributed by atoms with Crippen LogP contribution in [0.15, 0.2) is 48.6 Å². The molecule has 0 heterocycles. The third-order valence-corrected chi connectivity index (χ3v) is 9.81. The molecule has 0 aromatic heterocycles. The molecule has 0 aliphatic carbocycles. The molecule has 2 N–H and O–H groups in total. The monoisotopic (exact) mass is 781 g/mol. The first kappa shape index (κ1) is 52.0. The fourth-order valence-electron chi connectivity index (χ4n) is 6.02. The number of unbranched alkanes of at least 4 members (excludes halogenated alkanes) is 22. The van der Waals surface area contributed by atoms with Crippen molar-refractivity contribution in [1.82, 2.24) is 0 Å². The average molecular weight is 781 g/mol. The molecule has 0 unspecified atom stereocenters. The molecule has 0 spiro atoms. The zero-order chi connectivity index (χ0) is 39.6. The van der Waals surface area contributed by atoms with Gasteiger partial charge in [0.05, 0.1) is 6.61 Å². The van der Waals surface area contributed by atoms with Gasteiger partial charge in [0.15, 0.2) is 6.10 Å². The largest absolute Gasteiger partial charge is 0.469 e. The lowest BCUT2D eigenvalue weighted by Crippen LogP contribution is -2.29. The maximum Gasteiger partial charge on any atom is 0.469 e. The van der Waals surface area contributed by atoms with Crippen molar-refractivity contribution in [3.05, 3.63) is 48.6 Å². The Bertz CT molecular complexity index is 1020. The number of esters is 2. The molecule has 9 heteroatoms. The summed E-state index contributed by atoms with van der Waals surface area (Å²) < 4.78 is 26.4. The molecule has 0 aromatic carbocycles. The van der Waals surface area contributed by atoms with E-state index in [1.165, 1.54) is 103 Å². The average Bonchev–Trinajstić information content (AvgIpc) is 3.14. The number of carbonyl (C=O) groups is 2. The van der Waals surface area contributed by atoms with Crippen molar-refractivity contribution < 1.29 is 37.9 Å². The van der Waals surface area contributed by atoms with Crippen molar-refractivity contribution in [2.24, 2.45) is 0 Å². The Balaban J connectivity index is 3.94. The number of phosphoric acid groups is 1. The van der Waals surface area contributed by atoms with Crippen LogP contribution in [-0.2, 0) is 28.2 Å². The molecule has 0 saturated heterocycles. The van der Waals surface area contributed by atoms with Gasteiger partial charge in [-0.3, -0.25) is 14.1 Å². The normalized spacial score (nSPS) is 12.9. The minimum Gasteiger partial charge on any atom is -0.462 e. The quantitative estimate of drug-likeness (QED) is 0.0273. The summed E-state index contributed by atoms with van der Waals surface area (Å²) >= 11 is 0. The molecule has 1 atom stereocenters. The van der Waals surface area contributed by atoms with Crippen LogP contribution in [0.5, 0.6) is 0 Å². The fourth-order valence-corrected chi connectivity index (χ4v) is 6.38. The van der Waals surface area contributed by atoms with Gasteiger partial charge in [0, 0.05) is 12.8 Å². The van der Waals surface area contributed by atoms with Gasteiger partial charge in [-0.05, 0) is 77.0 Å². The number of rotatable bonds is 40. The second-order valence-electron chi connectivity index (χ2n) is 14.7. The SMILES string of the molecule is CCCCC/C=C\C/C=C\C/C=C\CCCCCCC(=O)OC[C@H](COP(=O)(O)O)OC(=O)CCCCCCCCC/C=C\CCCCCCCCCC. The van der Waals surface area contributed by atoms with Crippen molar-refractivity contribution >= 4 is 19.8 Å². The van der Waals surface area contributed by atoms with Gasteiger partial charge >= 0.3 is 19.8 Å². The van der Waals surface area contributed by atoms with Crippen LogP contribution in [0.3, 0.4) is 0 Å². The fraction of sp³-hybridized carbons (Fsp3) is 0.778. The summed E-state index contributed by atoms with van der Waals surface area (Å²) in [5.41, 5.74) is 0. The van der Waals surface area contributed by atoms with Gasteiger partial charge in [0.1, 0.15) is 6.61 Å². The van der Waals surface area contributed by atoms with E-state index in [2.05, 4.69) is 67.0 Å². The van der Waals surface area contributed by atoms with Gasteiger partial charge in [-0.2, -0.15) is 0 Å². The smallest absolute Gasteiger partial charge is 0.462 e. The predicted molar refractivity (Wildman–Crippen MR) is 225 cm³/mol. The third kappa shape index (κ3) is 42.7. The van der Waals surface area contributed by atoms with Crippen LogP contribution in [0.4, 0.5) is 0 Å². The molecule has 0 rings (SSSR count). The van der Waals surface area contributed by atoms with E-state index in [4.69, 9.17) is 19.3 Å². The summed E-state index contributed by atoms with van der Waals surface area (Å²) in [7, 11) is -4.76. The number of phosphoric ester groups is 1. The van der Waals surface area contributed by atoms with Gasteiger partial charge in [-0.25, -0.2) is 4.57 Å². The Morgan fingerprint density at radius 1 is 0.481 bits per heavy atom. The molecule has 8 nitrogen and oxygen atoms in total. The highest BCUT2D eigenvalue weighted by Crippen LogP contribution is 2.36. The van der Waals surface area contributed by atoms with Crippen LogP contribution >= 0.6 is 7.82 Å². The number of hydrogen-bond donors (Lipinski definition) is 2. The Morgan fingerprint density at radius 2 is 0.833 bits per heavy atom. The highest BCUT2D eigenvalue weighted by Gasteiger charge is 2.22. The van der Waals surface area contributed by atoms with E-state index in [1.807, 2.05) is 0 Å². The molecule has 0 aliphatic heterocycles. The summed E-state index contributed by atoms with van der Waals surface area (Å²) in [6, 6.07) is 0. The lowest BCUT2D eigenvalue weighted by molar-refractivity contribution is -0.161. The zero-order valence-corrected chi connectivity index (χ0v) is 35.5. The predicted octanol–water partition coefficient (Wildman–Crippen LogP) is 13.5. The molecule has 0 fully saturated rings. The number of hydrogen-bond acceptors (Lipinski definition) is 6. The van der Waals surface area contributed by atoms with Gasteiger partial charge in [0.2, 0.25) is 0 Å². The van der Waals surface area contributed by atoms with Crippen molar-refractivity contribution in [3.8, 4) is 0 Å². The van der Waals surface area contributed by atoms with Gasteiger partial charge in [-0.15, -0.1) is 0 Å². The van der Waals surface area contributed by atoms with Crippen molar-refractivity contribution in [2.75, 3.05) is 13.2 Å². The van der Waals surface area contributed by atoms with Crippen molar-refractivity contribution in [1.29, 1.82) is 0 Å². The topological polar surface area (TPSA) is 119 Å². The zero-order valence-electron chi connectivity index (χ0n) is 34.6. The maximum absolute atomic E-state index is 12.4. The van der Waals surface area contributed by atoms with E-state index in [1.54, 1.807) is 0 Å². The molecule has 0 radical (unpaired) electrons. The molecule has 54 heavy (non-hydrogen) atoms. The maximum atomic E-state index is 12.4. The number of carbonyl (C=O) groups excluding carboxylic acids is 2. The minimum absolute atomic E-state index is 0.201. The first-order valence-corrected chi connectivity index (χ1v) is 23.5. The summed E-state index contributed by atoms with van der Waals surface area (Å²) in [6.07, 6.45) is 49.7. The van der Waals surface area contributed by atoms with Gasteiger partial charge in [-0.1, -0.05) is 165 Å². The highest BCUT2D eigenvalue weighted by atomic mass is 31.2. The first-order valence-electron chi connectivity index (χ1n) is 21.9. The van der Waals surface area contributed by atoms with Crippen LogP contribution in [0.1, 0.15) is 206 Å². The van der Waals surface area contributed by atoms with E-state index >= 15 is 0 Å². The molecule has 0 amide bonds. The summed E-state index contributed by atoms with van der Waals surface area (Å²) in [5.74, 6) is -0.913. The van der Waals surface area contributed by atoms with Crippen molar-refractivity contribution in [2.45, 2.75) is 213 Å². The molecular weight excluding hydrogens is 699 g/mol. The van der Waals surface area contributed by atoms with E-state index in [-0.39, 0.29) is 19.4 Å². The lowest BCUT2D eigenvalue weighted by Gasteiger charge is -2.18. The Hall–Kier alpha value is -1.99. The summed E-state index contributed by atoms with van der Waals surface area (Å²) in [5, 5.41) is 0. The first-order chi connectivity index (χ1) is 26.3. The molecule has 0 aromatic rings. The Morgan fingerprint density at radius 3 is 1.30 bits per heavy atom. The van der Waals surface area contributed by atoms with E-state index in [0.717, 1.165) is 64.2 Å². The molecule has 0 aliphatic rings. The van der Waals surface area contributed by atoms with Crippen LogP contribution in [0, 0.1) is 0 Å². The van der Waals surface area contributed by atoms with Crippen molar-refractivity contribution in [3.63, 3.8) is 0 Å². The second-order valence-corrected chi connectivity index (χ2v) is 15.9. The van der Waals surface area contributed by atoms with Crippen LogP contribution < -0.4 is 0 Å². The Labute approximate surface area is 331 Å². The molecule has 314 valence electrons. The van der Waals surface area contributed by atoms with Crippen LogP contribution in [-0.4, -0.2) is 41.0 Å². The van der Waals surface area contributed by atoms with E-state index < -0.39 is 32.5 Å². The standard InChI is InChI=1S/C45H81O8P/c1-3-5-7-9-11-13-15-17-19-21-22-24-26-28-30-32-34-36-38-40-45(47)53-43(42-52-54(48,49)50)41-51-44(46)39-37-35-33-31-29-27-25-23-20-18-16-14-12-10-8-6-4-2/h12,14,18,20-22,25,27,43H,3-11,13,15-17,19,23-24,26,28-42H2,1-2H3,(H2,48,49,50)/b14-12-,20-18-,22-21-,27-25-/t43-/m1/s1. The molecular formula is C45H81O8P. The van der Waals surface area contributed by atoms with E-state index in [0.29, 0.717) is 12.8 Å². The summed E-state index contributed by atoms with van der Waals surface area (Å²) in [4.78, 5) is 42.9. The Kier molecular flexibility index (Phi) is 39.2. The van der Waals surface area contributed by atoms with Crippen LogP contribution in [0.25, 0.3) is 0 Å². The second kappa shape index (κ2) is 40.7. The number of ether oxygens (including phenoxy) is 2. The van der Waals surface area contributed by atoms with Gasteiger partial charge < -0.3 is 19.3 Å². The van der Waals surface area contributed by atoms with Crippen LogP contribution in [0.2, 0.25) is 0 Å². The number of allylic oxidation sites excluding steroid dienone is 8. The highest BCUT2D eigenvalue weighted by molar-refractivity contribution is 7.46. The summed E-state index contributed by atoms with van der Waals surface area (Å²) in [6.45, 7) is 3.64. The van der Waals surface area contributed by atoms with E-state index in [9.17, 15) is 14.2 Å². The molecule has 0 saturated carbocycles. The lowest BCUT2D eigenvalue weighted by atomic mass is 10.1. The minimum atomic E-state index is -4.76.